The molecule has 0 aliphatic carbocycles. The molecule has 0 heterocycles. The first-order valence-electron chi connectivity index (χ1n) is 20.6. The van der Waals surface area contributed by atoms with Gasteiger partial charge in [0.05, 0.1) is 10.5 Å². The third-order valence-electron chi connectivity index (χ3n) is 10.6. The highest BCUT2D eigenvalue weighted by molar-refractivity contribution is 7.85. The van der Waals surface area contributed by atoms with Gasteiger partial charge in [0.15, 0.2) is 0 Å². The standard InChI is InChI=1S/C53H51N3O7S/c1-32-23-34(25-36(24-32)64(57,58)59)37-16-13-18-45(39(37)30-55)60-35-21-22-48(41(26-35)51(3,4)5)61-46-19-14-20-47(40(46)31-56)63-50-28-42(52(6,7)8)49(27-43(50)53(9,10)11)62-44-17-12-15-33(2)38(44)29-54/h12-28H,1-11H3,(H,57,58,59). The van der Waals surface area contributed by atoms with Crippen molar-refractivity contribution < 1.29 is 31.9 Å². The Morgan fingerprint density at radius 3 is 1.44 bits per heavy atom. The molecule has 6 rings (SSSR count). The highest BCUT2D eigenvalue weighted by Gasteiger charge is 2.29. The Bertz CT molecular complexity index is 3040. The Kier molecular flexibility index (Phi) is 12.7. The van der Waals surface area contributed by atoms with Crippen molar-refractivity contribution >= 4 is 10.1 Å². The highest BCUT2D eigenvalue weighted by Crippen LogP contribution is 2.47. The van der Waals surface area contributed by atoms with Gasteiger partial charge < -0.3 is 18.9 Å². The molecule has 0 aliphatic heterocycles. The molecule has 0 bridgehead atoms. The van der Waals surface area contributed by atoms with E-state index in [9.17, 15) is 28.8 Å². The van der Waals surface area contributed by atoms with Crippen molar-refractivity contribution in [1.82, 2.24) is 0 Å². The maximum absolute atomic E-state index is 12.0. The molecule has 64 heavy (non-hydrogen) atoms. The van der Waals surface area contributed by atoms with Crippen molar-refractivity contribution in [2.45, 2.75) is 97.3 Å². The number of nitriles is 3. The lowest BCUT2D eigenvalue weighted by atomic mass is 9.80. The zero-order valence-corrected chi connectivity index (χ0v) is 38.8. The van der Waals surface area contributed by atoms with E-state index in [1.54, 1.807) is 67.6 Å². The summed E-state index contributed by atoms with van der Waals surface area (Å²) in [4.78, 5) is -0.279. The maximum Gasteiger partial charge on any atom is 0.294 e. The second kappa shape index (κ2) is 17.6. The number of benzene rings is 6. The molecular formula is C53H51N3O7S. The van der Waals surface area contributed by atoms with Crippen LogP contribution in [0.1, 0.15) is 107 Å². The summed E-state index contributed by atoms with van der Waals surface area (Å²) in [6, 6.07) is 36.2. The molecule has 0 aromatic heterocycles. The zero-order valence-electron chi connectivity index (χ0n) is 38.0. The Morgan fingerprint density at radius 1 is 0.484 bits per heavy atom. The van der Waals surface area contributed by atoms with Crippen LogP contribution in [0, 0.1) is 47.8 Å². The second-order valence-corrected chi connectivity index (χ2v) is 20.2. The maximum atomic E-state index is 12.0. The van der Waals surface area contributed by atoms with Crippen LogP contribution in [0.3, 0.4) is 0 Å². The van der Waals surface area contributed by atoms with Gasteiger partial charge in [-0.1, -0.05) is 98.7 Å². The van der Waals surface area contributed by atoms with E-state index < -0.39 is 26.4 Å². The van der Waals surface area contributed by atoms with Crippen molar-refractivity contribution in [2.24, 2.45) is 0 Å². The molecular weight excluding hydrogens is 823 g/mol. The van der Waals surface area contributed by atoms with E-state index in [0.717, 1.165) is 22.3 Å². The summed E-state index contributed by atoms with van der Waals surface area (Å²) >= 11 is 0. The topological polar surface area (TPSA) is 163 Å². The van der Waals surface area contributed by atoms with Crippen molar-refractivity contribution in [3.8, 4) is 75.3 Å². The SMILES string of the molecule is Cc1cc(-c2cccc(Oc3ccc(Oc4cccc(Oc5cc(C(C)(C)C)c(Oc6cccc(C)c6C#N)cc5C(C)(C)C)c4C#N)c(C(C)(C)C)c3)c2C#N)cc(S(=O)(=O)O)c1. The minimum atomic E-state index is -4.49. The van der Waals surface area contributed by atoms with Crippen LogP contribution in [-0.2, 0) is 26.4 Å². The number of ether oxygens (including phenoxy) is 4. The van der Waals surface area contributed by atoms with Gasteiger partial charge in [0.25, 0.3) is 10.1 Å². The molecule has 10 nitrogen and oxygen atoms in total. The molecule has 6 aromatic rings. The number of nitrogens with zero attached hydrogens (tertiary/aromatic N) is 3. The normalized spacial score (nSPS) is 11.8. The first-order chi connectivity index (χ1) is 29.9. The average molecular weight is 874 g/mol. The molecule has 6 aromatic carbocycles. The fourth-order valence-corrected chi connectivity index (χ4v) is 7.93. The van der Waals surface area contributed by atoms with Gasteiger partial charge in [-0.15, -0.1) is 0 Å². The van der Waals surface area contributed by atoms with Crippen LogP contribution in [-0.4, -0.2) is 13.0 Å². The Morgan fingerprint density at radius 2 is 0.938 bits per heavy atom. The zero-order chi connectivity index (χ0) is 46.9. The van der Waals surface area contributed by atoms with Crippen LogP contribution in [0.2, 0.25) is 0 Å². The van der Waals surface area contributed by atoms with Crippen LogP contribution in [0.5, 0.6) is 46.0 Å². The summed E-state index contributed by atoms with van der Waals surface area (Å²) in [5.41, 5.74) is 4.19. The molecule has 11 heteroatoms. The first-order valence-corrected chi connectivity index (χ1v) is 22.1. The Hall–Kier alpha value is -7.10. The summed E-state index contributed by atoms with van der Waals surface area (Å²) in [7, 11) is -4.49. The van der Waals surface area contributed by atoms with E-state index in [0.29, 0.717) is 56.8 Å². The summed E-state index contributed by atoms with van der Waals surface area (Å²) in [5, 5.41) is 30.9. The molecule has 1 N–H and O–H groups in total. The van der Waals surface area contributed by atoms with Crippen LogP contribution in [0.15, 0.2) is 108 Å². The molecule has 0 radical (unpaired) electrons. The molecule has 0 amide bonds. The van der Waals surface area contributed by atoms with Crippen LogP contribution in [0.25, 0.3) is 11.1 Å². The molecule has 326 valence electrons. The van der Waals surface area contributed by atoms with E-state index in [1.807, 2.05) is 58.0 Å². The Labute approximate surface area is 376 Å². The highest BCUT2D eigenvalue weighted by atomic mass is 32.2. The largest absolute Gasteiger partial charge is 0.456 e. The van der Waals surface area contributed by atoms with E-state index in [-0.39, 0.29) is 27.5 Å². The van der Waals surface area contributed by atoms with Gasteiger partial charge in [0.2, 0.25) is 0 Å². The monoisotopic (exact) mass is 873 g/mol. The van der Waals surface area contributed by atoms with Gasteiger partial charge in [0, 0.05) is 22.3 Å². The van der Waals surface area contributed by atoms with Crippen LogP contribution in [0.4, 0.5) is 0 Å². The van der Waals surface area contributed by atoms with Crippen molar-refractivity contribution in [3.05, 3.63) is 148 Å². The van der Waals surface area contributed by atoms with Gasteiger partial charge in [-0.25, -0.2) is 0 Å². The fraction of sp³-hybridized carbons (Fsp3) is 0.264. The van der Waals surface area contributed by atoms with E-state index in [1.165, 1.54) is 12.1 Å². The minimum Gasteiger partial charge on any atom is -0.456 e. The van der Waals surface area contributed by atoms with E-state index in [2.05, 4.69) is 59.8 Å². The lowest BCUT2D eigenvalue weighted by molar-refractivity contribution is 0.421. The molecule has 0 saturated carbocycles. The van der Waals surface area contributed by atoms with Crippen molar-refractivity contribution in [3.63, 3.8) is 0 Å². The predicted molar refractivity (Wildman–Crippen MR) is 247 cm³/mol. The molecule has 0 spiro atoms. The van der Waals surface area contributed by atoms with Gasteiger partial charge in [0.1, 0.15) is 75.3 Å². The second-order valence-electron chi connectivity index (χ2n) is 18.8. The molecule has 0 unspecified atom stereocenters. The Balaban J connectivity index is 1.37. The van der Waals surface area contributed by atoms with Gasteiger partial charge in [-0.05, 0) is 114 Å². The van der Waals surface area contributed by atoms with Crippen molar-refractivity contribution in [1.29, 1.82) is 15.8 Å². The van der Waals surface area contributed by atoms with Crippen LogP contribution < -0.4 is 18.9 Å². The third-order valence-corrected chi connectivity index (χ3v) is 11.4. The quantitative estimate of drug-likeness (QED) is 0.131. The molecule has 0 saturated heterocycles. The molecule has 0 aliphatic rings. The number of rotatable bonds is 10. The third kappa shape index (κ3) is 10.1. The van der Waals surface area contributed by atoms with Crippen molar-refractivity contribution in [2.75, 3.05) is 0 Å². The fourth-order valence-electron chi connectivity index (χ4n) is 7.32. The van der Waals surface area contributed by atoms with Gasteiger partial charge in [-0.3, -0.25) is 4.55 Å². The number of aryl methyl sites for hydroxylation is 2. The number of hydrogen-bond donors (Lipinski definition) is 1. The summed E-state index contributed by atoms with van der Waals surface area (Å²) < 4.78 is 59.9. The molecule has 0 atom stereocenters. The van der Waals surface area contributed by atoms with E-state index >= 15 is 0 Å². The summed E-state index contributed by atoms with van der Waals surface area (Å²) in [6.45, 7) is 22.1. The van der Waals surface area contributed by atoms with E-state index in [4.69, 9.17) is 18.9 Å². The van der Waals surface area contributed by atoms with Gasteiger partial charge in [-0.2, -0.15) is 24.2 Å². The first kappa shape index (κ1) is 46.4. The smallest absolute Gasteiger partial charge is 0.294 e. The lowest BCUT2D eigenvalue weighted by Gasteiger charge is -2.29. The van der Waals surface area contributed by atoms with Gasteiger partial charge >= 0.3 is 0 Å². The summed E-state index contributed by atoms with van der Waals surface area (Å²) in [6.07, 6.45) is 0. The lowest BCUT2D eigenvalue weighted by Crippen LogP contribution is -2.17. The average Bonchev–Trinajstić information content (AvgIpc) is 3.20. The number of hydrogen-bond acceptors (Lipinski definition) is 9. The molecule has 0 fully saturated rings. The minimum absolute atomic E-state index is 0.174. The summed E-state index contributed by atoms with van der Waals surface area (Å²) in [5.74, 6) is 3.30. The van der Waals surface area contributed by atoms with Crippen LogP contribution >= 0.6 is 0 Å². The predicted octanol–water partition coefficient (Wildman–Crippen LogP) is 13.9.